The van der Waals surface area contributed by atoms with Gasteiger partial charge in [0.05, 0.1) is 24.0 Å². The van der Waals surface area contributed by atoms with Crippen LogP contribution in [0, 0.1) is 5.92 Å². The van der Waals surface area contributed by atoms with Gasteiger partial charge in [0.15, 0.2) is 0 Å². The molecule has 1 N–H and O–H groups in total. The van der Waals surface area contributed by atoms with E-state index in [2.05, 4.69) is 47.5 Å². The summed E-state index contributed by atoms with van der Waals surface area (Å²) in [6, 6.07) is 0.603. The van der Waals surface area contributed by atoms with Gasteiger partial charge in [0.1, 0.15) is 0 Å². The van der Waals surface area contributed by atoms with E-state index in [1.165, 1.54) is 38.9 Å². The van der Waals surface area contributed by atoms with Gasteiger partial charge in [-0.1, -0.05) is 5.21 Å². The summed E-state index contributed by atoms with van der Waals surface area (Å²) in [7, 11) is 0. The number of piperidine rings is 1. The van der Waals surface area contributed by atoms with Crippen LogP contribution < -0.4 is 5.32 Å². The topological polar surface area (TPSA) is 55.2 Å². The summed E-state index contributed by atoms with van der Waals surface area (Å²) in [5.41, 5.74) is 1.03. The Morgan fingerprint density at radius 2 is 2.04 bits per heavy atom. The smallest absolute Gasteiger partial charge is 0.0965 e. The molecule has 1 aromatic heterocycles. The minimum absolute atomic E-state index is 0.000539. The lowest BCUT2D eigenvalue weighted by Gasteiger charge is -2.33. The molecular weight excluding hydrogens is 290 g/mol. The molecule has 3 rings (SSSR count). The maximum atomic E-state index is 5.48. The van der Waals surface area contributed by atoms with Gasteiger partial charge in [0, 0.05) is 25.7 Å². The molecular formula is C17H31N5O. The quantitative estimate of drug-likeness (QED) is 0.893. The van der Waals surface area contributed by atoms with Gasteiger partial charge in [0.2, 0.25) is 0 Å². The maximum absolute atomic E-state index is 5.48. The van der Waals surface area contributed by atoms with Gasteiger partial charge >= 0.3 is 0 Å². The highest BCUT2D eigenvalue weighted by atomic mass is 16.5. The molecule has 0 aromatic carbocycles. The van der Waals surface area contributed by atoms with Crippen LogP contribution in [0.2, 0.25) is 0 Å². The zero-order valence-corrected chi connectivity index (χ0v) is 14.8. The molecule has 1 aromatic rings. The fraction of sp³-hybridized carbons (Fsp3) is 0.882. The highest BCUT2D eigenvalue weighted by Gasteiger charge is 2.24. The first-order valence-corrected chi connectivity index (χ1v) is 8.96. The van der Waals surface area contributed by atoms with Crippen LogP contribution in [-0.2, 0) is 16.8 Å². The Morgan fingerprint density at radius 1 is 1.26 bits per heavy atom. The van der Waals surface area contributed by atoms with E-state index in [4.69, 9.17) is 4.74 Å². The molecule has 2 aliphatic rings. The molecule has 1 unspecified atom stereocenters. The zero-order chi connectivity index (χ0) is 16.3. The Morgan fingerprint density at radius 3 is 2.65 bits per heavy atom. The first kappa shape index (κ1) is 16.9. The summed E-state index contributed by atoms with van der Waals surface area (Å²) >= 11 is 0. The minimum atomic E-state index is 0.000539. The molecule has 0 spiro atoms. The molecule has 130 valence electrons. The molecule has 0 amide bonds. The van der Waals surface area contributed by atoms with Gasteiger partial charge in [0.25, 0.3) is 0 Å². The van der Waals surface area contributed by atoms with Crippen molar-refractivity contribution in [2.45, 2.75) is 58.2 Å². The van der Waals surface area contributed by atoms with E-state index in [9.17, 15) is 0 Å². The number of hydrogen-bond acceptors (Lipinski definition) is 5. The van der Waals surface area contributed by atoms with Gasteiger partial charge in [-0.2, -0.15) is 0 Å². The second-order valence-electron chi connectivity index (χ2n) is 8.01. The monoisotopic (exact) mass is 321 g/mol. The number of nitrogens with one attached hydrogen (secondary N) is 1. The summed E-state index contributed by atoms with van der Waals surface area (Å²) in [5.74, 6) is 0.756. The first-order chi connectivity index (χ1) is 11.0. The van der Waals surface area contributed by atoms with Crippen LogP contribution in [0.15, 0.2) is 6.20 Å². The van der Waals surface area contributed by atoms with E-state index >= 15 is 0 Å². The van der Waals surface area contributed by atoms with Gasteiger partial charge in [-0.3, -0.25) is 0 Å². The van der Waals surface area contributed by atoms with Crippen LogP contribution in [0.1, 0.15) is 45.7 Å². The predicted molar refractivity (Wildman–Crippen MR) is 90.2 cm³/mol. The normalized spacial score (nSPS) is 24.4. The highest BCUT2D eigenvalue weighted by Crippen LogP contribution is 2.18. The van der Waals surface area contributed by atoms with Crippen LogP contribution in [0.5, 0.6) is 0 Å². The van der Waals surface area contributed by atoms with Crippen LogP contribution in [0.25, 0.3) is 0 Å². The van der Waals surface area contributed by atoms with Gasteiger partial charge in [-0.25, -0.2) is 4.68 Å². The van der Waals surface area contributed by atoms with Crippen LogP contribution in [0.3, 0.4) is 0 Å². The standard InChI is InChI=1S/C17H31N5O/c1-17(2,3)22-12-16(19-20-22)10-18-15-4-7-21(8-5-15)11-14-6-9-23-13-14/h12,14-15,18H,4-11,13H2,1-3H3. The summed E-state index contributed by atoms with van der Waals surface area (Å²) in [6.45, 7) is 12.8. The van der Waals surface area contributed by atoms with Crippen molar-refractivity contribution in [2.75, 3.05) is 32.8 Å². The van der Waals surface area contributed by atoms with Crippen molar-refractivity contribution in [3.63, 3.8) is 0 Å². The fourth-order valence-electron chi connectivity index (χ4n) is 3.37. The molecule has 2 saturated heterocycles. The number of likely N-dealkylation sites (tertiary alicyclic amines) is 1. The molecule has 0 aliphatic carbocycles. The Kier molecular flexibility index (Phi) is 5.34. The van der Waals surface area contributed by atoms with E-state index in [1.807, 2.05) is 4.68 Å². The van der Waals surface area contributed by atoms with Crippen LogP contribution >= 0.6 is 0 Å². The van der Waals surface area contributed by atoms with Crippen LogP contribution in [-0.4, -0.2) is 58.8 Å². The third kappa shape index (κ3) is 4.75. The molecule has 3 heterocycles. The van der Waals surface area contributed by atoms with Gasteiger partial charge < -0.3 is 15.0 Å². The lowest BCUT2D eigenvalue weighted by atomic mass is 10.0. The average Bonchev–Trinajstić information content (AvgIpc) is 3.17. The fourth-order valence-corrected chi connectivity index (χ4v) is 3.37. The molecule has 0 bridgehead atoms. The molecule has 2 aliphatic heterocycles. The number of aromatic nitrogens is 3. The van der Waals surface area contributed by atoms with E-state index in [0.717, 1.165) is 31.4 Å². The number of hydrogen-bond donors (Lipinski definition) is 1. The number of rotatable bonds is 5. The summed E-state index contributed by atoms with van der Waals surface area (Å²) in [5, 5.41) is 12.2. The first-order valence-electron chi connectivity index (χ1n) is 8.96. The molecule has 2 fully saturated rings. The highest BCUT2D eigenvalue weighted by molar-refractivity contribution is 4.95. The predicted octanol–water partition coefficient (Wildman–Crippen LogP) is 1.62. The Labute approximate surface area is 139 Å². The average molecular weight is 321 g/mol. The molecule has 0 saturated carbocycles. The van der Waals surface area contributed by atoms with E-state index in [0.29, 0.717) is 6.04 Å². The third-order valence-electron chi connectivity index (χ3n) is 4.93. The molecule has 23 heavy (non-hydrogen) atoms. The molecule has 1 atom stereocenters. The second-order valence-corrected chi connectivity index (χ2v) is 8.01. The van der Waals surface area contributed by atoms with Crippen molar-refractivity contribution in [3.05, 3.63) is 11.9 Å². The molecule has 0 radical (unpaired) electrons. The Bertz CT molecular complexity index is 481. The van der Waals surface area contributed by atoms with Crippen molar-refractivity contribution < 1.29 is 4.74 Å². The SMILES string of the molecule is CC(C)(C)n1cc(CNC2CCN(CC3CCOC3)CC2)nn1. The summed E-state index contributed by atoms with van der Waals surface area (Å²) in [4.78, 5) is 2.60. The number of nitrogens with zero attached hydrogens (tertiary/aromatic N) is 4. The summed E-state index contributed by atoms with van der Waals surface area (Å²) in [6.07, 6.45) is 5.74. The van der Waals surface area contributed by atoms with Crippen molar-refractivity contribution in [1.82, 2.24) is 25.2 Å². The molecule has 6 heteroatoms. The molecule has 6 nitrogen and oxygen atoms in total. The van der Waals surface area contributed by atoms with Crippen molar-refractivity contribution >= 4 is 0 Å². The largest absolute Gasteiger partial charge is 0.381 e. The Balaban J connectivity index is 1.38. The Hall–Kier alpha value is -0.980. The lowest BCUT2D eigenvalue weighted by molar-refractivity contribution is 0.147. The van der Waals surface area contributed by atoms with E-state index < -0.39 is 0 Å². The van der Waals surface area contributed by atoms with E-state index in [1.54, 1.807) is 0 Å². The minimum Gasteiger partial charge on any atom is -0.381 e. The second kappa shape index (κ2) is 7.28. The summed E-state index contributed by atoms with van der Waals surface area (Å²) < 4.78 is 7.42. The van der Waals surface area contributed by atoms with Crippen molar-refractivity contribution in [1.29, 1.82) is 0 Å². The van der Waals surface area contributed by atoms with Crippen LogP contribution in [0.4, 0.5) is 0 Å². The van der Waals surface area contributed by atoms with Crippen molar-refractivity contribution in [3.8, 4) is 0 Å². The van der Waals surface area contributed by atoms with E-state index in [-0.39, 0.29) is 5.54 Å². The van der Waals surface area contributed by atoms with Crippen molar-refractivity contribution in [2.24, 2.45) is 5.92 Å². The van der Waals surface area contributed by atoms with Gasteiger partial charge in [-0.05, 0) is 59.0 Å². The lowest BCUT2D eigenvalue weighted by Crippen LogP contribution is -2.43. The number of ether oxygens (including phenoxy) is 1. The zero-order valence-electron chi connectivity index (χ0n) is 14.8. The third-order valence-corrected chi connectivity index (χ3v) is 4.93. The van der Waals surface area contributed by atoms with Gasteiger partial charge in [-0.15, -0.1) is 5.10 Å². The maximum Gasteiger partial charge on any atom is 0.0965 e.